The fraction of sp³-hybridized carbons (Fsp3) is 0.579. The van der Waals surface area contributed by atoms with Crippen LogP contribution >= 0.6 is 36.2 Å². The smallest absolute Gasteiger partial charge is 0.236 e. The normalized spacial score (nSPS) is 20.7. The van der Waals surface area contributed by atoms with E-state index < -0.39 is 0 Å². The lowest BCUT2D eigenvalue weighted by atomic mass is 10.1. The largest absolute Gasteiger partial charge is 0.339 e. The molecule has 2 aliphatic heterocycles. The molecule has 2 aliphatic rings. The third-order valence-corrected chi connectivity index (χ3v) is 6.29. The fourth-order valence-corrected chi connectivity index (χ4v) is 4.62. The number of aromatic nitrogens is 2. The Hall–Kier alpha value is -1.16. The molecule has 0 spiro atoms. The van der Waals surface area contributed by atoms with Crippen LogP contribution in [0.15, 0.2) is 29.2 Å². The molecule has 0 radical (unpaired) electrons. The lowest BCUT2D eigenvalue weighted by Gasteiger charge is -2.38. The number of nitrogens with one attached hydrogen (secondary N) is 1. The summed E-state index contributed by atoms with van der Waals surface area (Å²) in [6.45, 7) is 7.65. The summed E-state index contributed by atoms with van der Waals surface area (Å²) < 4.78 is 2.05. The van der Waals surface area contributed by atoms with E-state index in [1.807, 2.05) is 24.3 Å². The molecule has 0 bridgehead atoms. The Morgan fingerprint density at radius 1 is 1.24 bits per heavy atom. The topological polar surface area (TPSA) is 56.6 Å². The average Bonchev–Trinajstić information content (AvgIpc) is 3.34. The van der Waals surface area contributed by atoms with E-state index >= 15 is 0 Å². The van der Waals surface area contributed by atoms with E-state index in [0.717, 1.165) is 58.2 Å². The van der Waals surface area contributed by atoms with Gasteiger partial charge in [0.15, 0.2) is 0 Å². The molecule has 2 saturated heterocycles. The van der Waals surface area contributed by atoms with Gasteiger partial charge in [-0.3, -0.25) is 14.6 Å². The number of nitrogens with zero attached hydrogens (tertiary/aromatic N) is 5. The molecule has 29 heavy (non-hydrogen) atoms. The molecule has 0 saturated carbocycles. The van der Waals surface area contributed by atoms with Gasteiger partial charge >= 0.3 is 0 Å². The minimum atomic E-state index is 0. The molecule has 0 aromatic carbocycles. The van der Waals surface area contributed by atoms with Crippen molar-refractivity contribution in [2.24, 2.45) is 7.05 Å². The predicted molar refractivity (Wildman–Crippen MR) is 121 cm³/mol. The Morgan fingerprint density at radius 3 is 2.69 bits per heavy atom. The zero-order valence-electron chi connectivity index (χ0n) is 16.7. The van der Waals surface area contributed by atoms with Gasteiger partial charge < -0.3 is 14.8 Å². The summed E-state index contributed by atoms with van der Waals surface area (Å²) in [4.78, 5) is 24.2. The van der Waals surface area contributed by atoms with E-state index in [1.165, 1.54) is 5.56 Å². The number of halogens is 2. The Morgan fingerprint density at radius 2 is 2.03 bits per heavy atom. The lowest BCUT2D eigenvalue weighted by molar-refractivity contribution is -0.135. The van der Waals surface area contributed by atoms with E-state index in [0.29, 0.717) is 6.54 Å². The Kier molecular flexibility index (Phi) is 9.39. The van der Waals surface area contributed by atoms with Crippen LogP contribution in [0.1, 0.15) is 17.4 Å². The number of aryl methyl sites for hydroxylation is 1. The van der Waals surface area contributed by atoms with Crippen molar-refractivity contribution in [2.45, 2.75) is 12.6 Å². The summed E-state index contributed by atoms with van der Waals surface area (Å²) in [7, 11) is 2.02. The number of thiophene rings is 1. The number of carbonyl (C=O) groups excluding carboxylic acids is 1. The van der Waals surface area contributed by atoms with E-state index in [9.17, 15) is 4.79 Å². The quantitative estimate of drug-likeness (QED) is 0.734. The van der Waals surface area contributed by atoms with Crippen LogP contribution in [-0.4, -0.2) is 82.5 Å². The van der Waals surface area contributed by atoms with Gasteiger partial charge in [0.1, 0.15) is 5.82 Å². The molecule has 1 unspecified atom stereocenters. The molecule has 1 N–H and O–H groups in total. The molecule has 7 nitrogen and oxygen atoms in total. The molecule has 4 rings (SSSR count). The lowest BCUT2D eigenvalue weighted by Crippen LogP contribution is -2.54. The maximum absolute atomic E-state index is 12.9. The maximum Gasteiger partial charge on any atom is 0.236 e. The van der Waals surface area contributed by atoms with E-state index in [4.69, 9.17) is 0 Å². The summed E-state index contributed by atoms with van der Waals surface area (Å²) in [6, 6.07) is 2.34. The first-order valence-electron chi connectivity index (χ1n) is 9.64. The Labute approximate surface area is 188 Å². The fourth-order valence-electron chi connectivity index (χ4n) is 3.96. The van der Waals surface area contributed by atoms with Gasteiger partial charge in [0.05, 0.1) is 12.6 Å². The number of amides is 1. The second-order valence-corrected chi connectivity index (χ2v) is 8.16. The monoisotopic (exact) mass is 460 g/mol. The van der Waals surface area contributed by atoms with Crippen molar-refractivity contribution >= 4 is 42.1 Å². The number of carbonyl (C=O) groups is 1. The van der Waals surface area contributed by atoms with Gasteiger partial charge in [0.2, 0.25) is 5.91 Å². The molecule has 10 heteroatoms. The number of hydrogen-bond acceptors (Lipinski definition) is 6. The third-order valence-electron chi connectivity index (χ3n) is 5.56. The molecule has 4 heterocycles. The predicted octanol–water partition coefficient (Wildman–Crippen LogP) is 1.62. The van der Waals surface area contributed by atoms with Gasteiger partial charge in [-0.2, -0.15) is 11.3 Å². The van der Waals surface area contributed by atoms with Gasteiger partial charge in [-0.25, -0.2) is 4.98 Å². The van der Waals surface area contributed by atoms with Crippen LogP contribution in [-0.2, 0) is 18.4 Å². The van der Waals surface area contributed by atoms with Crippen LogP contribution in [0.25, 0.3) is 0 Å². The van der Waals surface area contributed by atoms with Crippen LogP contribution in [0, 0.1) is 0 Å². The third kappa shape index (κ3) is 5.93. The maximum atomic E-state index is 12.9. The number of piperazine rings is 2. The highest BCUT2D eigenvalue weighted by molar-refractivity contribution is 7.07. The average molecular weight is 461 g/mol. The second-order valence-electron chi connectivity index (χ2n) is 7.38. The minimum absolute atomic E-state index is 0. The van der Waals surface area contributed by atoms with Gasteiger partial charge in [0.25, 0.3) is 0 Å². The zero-order valence-corrected chi connectivity index (χ0v) is 19.1. The van der Waals surface area contributed by atoms with Crippen molar-refractivity contribution in [3.63, 3.8) is 0 Å². The van der Waals surface area contributed by atoms with Crippen molar-refractivity contribution < 1.29 is 4.79 Å². The molecule has 2 aromatic heterocycles. The van der Waals surface area contributed by atoms with Crippen molar-refractivity contribution in [3.05, 3.63) is 40.6 Å². The molecule has 162 valence electrons. The highest BCUT2D eigenvalue weighted by atomic mass is 35.5. The number of rotatable bonds is 5. The summed E-state index contributed by atoms with van der Waals surface area (Å²) >= 11 is 1.74. The minimum Gasteiger partial charge on any atom is -0.339 e. The van der Waals surface area contributed by atoms with Gasteiger partial charge in [-0.15, -0.1) is 24.8 Å². The van der Waals surface area contributed by atoms with Crippen LogP contribution in [0.4, 0.5) is 0 Å². The molecule has 1 amide bonds. The first-order valence-corrected chi connectivity index (χ1v) is 10.6. The first-order chi connectivity index (χ1) is 13.2. The SMILES string of the molecule is Cl.Cl.Cn1ccnc1C1CNCCN1CC(=O)N1CCN(Cc2ccsc2)CC1. The van der Waals surface area contributed by atoms with Gasteiger partial charge in [0, 0.05) is 71.8 Å². The van der Waals surface area contributed by atoms with E-state index in [-0.39, 0.29) is 36.8 Å². The van der Waals surface area contributed by atoms with Crippen molar-refractivity contribution in [1.82, 2.24) is 29.6 Å². The van der Waals surface area contributed by atoms with Crippen molar-refractivity contribution in [1.29, 1.82) is 0 Å². The molecule has 1 atom stereocenters. The standard InChI is InChI=1S/C19H28N6OS.2ClH/c1-22-5-4-21-19(22)17-12-20-3-6-25(17)14-18(26)24-9-7-23(8-10-24)13-16-2-11-27-15-16;;/h2,4-5,11,15,17,20H,3,6-10,12-14H2,1H3;2*1H. The Bertz CT molecular complexity index is 748. The summed E-state index contributed by atoms with van der Waals surface area (Å²) in [6.07, 6.45) is 3.80. The van der Waals surface area contributed by atoms with Crippen LogP contribution in [0.5, 0.6) is 0 Å². The van der Waals surface area contributed by atoms with Gasteiger partial charge in [-0.1, -0.05) is 0 Å². The van der Waals surface area contributed by atoms with Crippen molar-refractivity contribution in [3.8, 4) is 0 Å². The Balaban J connectivity index is 0.00000150. The van der Waals surface area contributed by atoms with Crippen molar-refractivity contribution in [2.75, 3.05) is 52.4 Å². The summed E-state index contributed by atoms with van der Waals surface area (Å²) in [5, 5.41) is 7.77. The molecular formula is C19H30Cl2N6OS. The molecule has 2 aromatic rings. The number of imidazole rings is 1. The molecule has 2 fully saturated rings. The molecular weight excluding hydrogens is 431 g/mol. The molecule has 0 aliphatic carbocycles. The highest BCUT2D eigenvalue weighted by Gasteiger charge is 2.30. The zero-order chi connectivity index (χ0) is 18.6. The van der Waals surface area contributed by atoms with Crippen LogP contribution in [0.3, 0.4) is 0 Å². The second kappa shape index (κ2) is 11.3. The summed E-state index contributed by atoms with van der Waals surface area (Å²) in [5.41, 5.74) is 1.37. The van der Waals surface area contributed by atoms with E-state index in [2.05, 4.69) is 41.5 Å². The number of hydrogen-bond donors (Lipinski definition) is 1. The first kappa shape index (κ1) is 24.1. The highest BCUT2D eigenvalue weighted by Crippen LogP contribution is 2.20. The van der Waals surface area contributed by atoms with Crippen LogP contribution < -0.4 is 5.32 Å². The van der Waals surface area contributed by atoms with Gasteiger partial charge in [-0.05, 0) is 22.4 Å². The summed E-state index contributed by atoms with van der Waals surface area (Å²) in [5.74, 6) is 1.27. The van der Waals surface area contributed by atoms with E-state index in [1.54, 1.807) is 11.3 Å². The van der Waals surface area contributed by atoms with Crippen LogP contribution in [0.2, 0.25) is 0 Å².